The van der Waals surface area contributed by atoms with Crippen LogP contribution in [0.4, 0.5) is 0 Å². The second kappa shape index (κ2) is 29.2. The molecule has 3 saturated carbocycles. The van der Waals surface area contributed by atoms with Gasteiger partial charge in [0.15, 0.2) is 0 Å². The van der Waals surface area contributed by atoms with Gasteiger partial charge >= 0.3 is 11.9 Å². The predicted molar refractivity (Wildman–Crippen MR) is 195 cm³/mol. The molecule has 0 amide bonds. The standard InChI is InChI=1S/C12H26N2.2C10H20.C8H6O4/c13-10-12(11-14)8-6-4-2-1-3-5-7-9-12;2*1-2-4-6-8-10-9-7-5-3-1;9-7(10)5-1-2-6(4-3-5)8(11)12/h1-11,13-14H2;2*1-10H2;1-4H,(H,9,10)(H,11,12). The molecule has 46 heavy (non-hydrogen) atoms. The lowest BCUT2D eigenvalue weighted by atomic mass is 9.77. The zero-order valence-corrected chi connectivity index (χ0v) is 29.6. The quantitative estimate of drug-likeness (QED) is 0.258. The fourth-order valence-electron chi connectivity index (χ4n) is 6.79. The SMILES string of the molecule is C1CCCCCCCCC1.C1CCCCCCCCC1.NCC1(CN)CCCCCCCCC1.O=C(O)c1ccc(C(=O)O)cc1. The van der Waals surface area contributed by atoms with Crippen molar-refractivity contribution in [3.05, 3.63) is 35.4 Å². The van der Waals surface area contributed by atoms with Gasteiger partial charge in [0, 0.05) is 0 Å². The number of hydrogen-bond acceptors (Lipinski definition) is 4. The molecule has 0 heterocycles. The highest BCUT2D eigenvalue weighted by Crippen LogP contribution is 2.31. The molecule has 0 spiro atoms. The summed E-state index contributed by atoms with van der Waals surface area (Å²) >= 11 is 0. The zero-order chi connectivity index (χ0) is 33.6. The minimum atomic E-state index is -1.06. The summed E-state index contributed by atoms with van der Waals surface area (Å²) in [6.45, 7) is 1.56. The summed E-state index contributed by atoms with van der Waals surface area (Å²) in [5, 5.41) is 16.9. The molecule has 6 N–H and O–H groups in total. The van der Waals surface area contributed by atoms with Crippen molar-refractivity contribution in [2.24, 2.45) is 16.9 Å². The molecule has 0 aliphatic heterocycles. The fraction of sp³-hybridized carbons (Fsp3) is 0.800. The Morgan fingerprint density at radius 1 is 0.413 bits per heavy atom. The Kier molecular flexibility index (Phi) is 26.8. The van der Waals surface area contributed by atoms with Gasteiger partial charge in [-0.15, -0.1) is 0 Å². The first kappa shape index (κ1) is 42.1. The summed E-state index contributed by atoms with van der Waals surface area (Å²) in [6.07, 6.45) is 42.2. The molecule has 3 aliphatic carbocycles. The van der Waals surface area contributed by atoms with Crippen LogP contribution in [0.5, 0.6) is 0 Å². The second-order valence-electron chi connectivity index (χ2n) is 14.1. The molecule has 1 aromatic rings. The lowest BCUT2D eigenvalue weighted by Gasteiger charge is -2.32. The van der Waals surface area contributed by atoms with Gasteiger partial charge in [0.1, 0.15) is 0 Å². The van der Waals surface area contributed by atoms with Crippen LogP contribution in [-0.2, 0) is 0 Å². The average molecular weight is 645 g/mol. The Balaban J connectivity index is 0.000000310. The zero-order valence-electron chi connectivity index (χ0n) is 29.6. The van der Waals surface area contributed by atoms with Crippen LogP contribution in [-0.4, -0.2) is 35.2 Å². The first-order valence-corrected chi connectivity index (χ1v) is 19.4. The number of nitrogens with two attached hydrogens (primary N) is 2. The molecular weight excluding hydrogens is 572 g/mol. The molecule has 6 nitrogen and oxygen atoms in total. The molecule has 6 heteroatoms. The maximum absolute atomic E-state index is 10.3. The van der Waals surface area contributed by atoms with E-state index in [0.29, 0.717) is 0 Å². The normalized spacial score (nSPS) is 20.3. The third-order valence-corrected chi connectivity index (χ3v) is 10.2. The van der Waals surface area contributed by atoms with E-state index in [1.54, 1.807) is 0 Å². The minimum absolute atomic E-state index is 0.0833. The van der Waals surface area contributed by atoms with Gasteiger partial charge in [0.2, 0.25) is 0 Å². The molecule has 0 aromatic heterocycles. The van der Waals surface area contributed by atoms with E-state index in [-0.39, 0.29) is 16.5 Å². The summed E-state index contributed by atoms with van der Waals surface area (Å²) in [6, 6.07) is 5.02. The van der Waals surface area contributed by atoms with Crippen LogP contribution in [0.15, 0.2) is 24.3 Å². The minimum Gasteiger partial charge on any atom is -0.478 e. The number of aromatic carboxylic acids is 2. The van der Waals surface area contributed by atoms with Crippen molar-refractivity contribution in [2.45, 2.75) is 186 Å². The number of benzene rings is 1. The number of carboxylic acids is 2. The van der Waals surface area contributed by atoms with Gasteiger partial charge in [-0.1, -0.05) is 173 Å². The lowest BCUT2D eigenvalue weighted by molar-refractivity contribution is 0.0681. The van der Waals surface area contributed by atoms with E-state index in [9.17, 15) is 9.59 Å². The van der Waals surface area contributed by atoms with E-state index < -0.39 is 11.9 Å². The number of carbonyl (C=O) groups is 2. The van der Waals surface area contributed by atoms with Gasteiger partial charge < -0.3 is 21.7 Å². The summed E-state index contributed by atoms with van der Waals surface area (Å²) in [5.41, 5.74) is 12.2. The Morgan fingerprint density at radius 3 is 0.739 bits per heavy atom. The molecule has 0 saturated heterocycles. The van der Waals surface area contributed by atoms with E-state index in [1.165, 1.54) is 210 Å². The molecule has 1 aromatic carbocycles. The maximum Gasteiger partial charge on any atom is 0.335 e. The fourth-order valence-corrected chi connectivity index (χ4v) is 6.79. The van der Waals surface area contributed by atoms with Gasteiger partial charge in [-0.05, 0) is 55.6 Å². The second-order valence-corrected chi connectivity index (χ2v) is 14.1. The molecule has 0 atom stereocenters. The molecule has 0 bridgehead atoms. The Morgan fingerprint density at radius 2 is 0.587 bits per heavy atom. The molecule has 0 radical (unpaired) electrons. The summed E-state index contributed by atoms with van der Waals surface area (Å²) in [4.78, 5) is 20.7. The smallest absolute Gasteiger partial charge is 0.335 e. The molecule has 3 fully saturated rings. The first-order chi connectivity index (χ1) is 22.4. The third-order valence-electron chi connectivity index (χ3n) is 10.2. The Hall–Kier alpha value is -1.92. The summed E-state index contributed by atoms with van der Waals surface area (Å²) in [5.74, 6) is -2.13. The van der Waals surface area contributed by atoms with E-state index in [4.69, 9.17) is 21.7 Å². The maximum atomic E-state index is 10.3. The van der Waals surface area contributed by atoms with Crippen LogP contribution in [0.25, 0.3) is 0 Å². The Bertz CT molecular complexity index is 722. The van der Waals surface area contributed by atoms with Crippen LogP contribution in [0.3, 0.4) is 0 Å². The molecular formula is C40H72N2O4. The van der Waals surface area contributed by atoms with Crippen molar-refractivity contribution < 1.29 is 19.8 Å². The molecule has 0 unspecified atom stereocenters. The first-order valence-electron chi connectivity index (χ1n) is 19.4. The van der Waals surface area contributed by atoms with Crippen molar-refractivity contribution in [3.63, 3.8) is 0 Å². The van der Waals surface area contributed by atoms with Gasteiger partial charge in [0.05, 0.1) is 11.1 Å². The highest BCUT2D eigenvalue weighted by atomic mass is 16.4. The predicted octanol–water partition coefficient (Wildman–Crippen LogP) is 11.3. The van der Waals surface area contributed by atoms with E-state index in [0.717, 1.165) is 13.1 Å². The van der Waals surface area contributed by atoms with E-state index in [1.807, 2.05) is 0 Å². The van der Waals surface area contributed by atoms with Gasteiger partial charge in [0.25, 0.3) is 0 Å². The van der Waals surface area contributed by atoms with E-state index >= 15 is 0 Å². The van der Waals surface area contributed by atoms with Crippen LogP contribution in [0.2, 0.25) is 0 Å². The molecule has 3 aliphatic rings. The summed E-state index contributed by atoms with van der Waals surface area (Å²) in [7, 11) is 0. The van der Waals surface area contributed by atoms with Crippen molar-refractivity contribution >= 4 is 11.9 Å². The lowest BCUT2D eigenvalue weighted by Crippen LogP contribution is -2.38. The van der Waals surface area contributed by atoms with Crippen LogP contribution in [0, 0.1) is 5.41 Å². The monoisotopic (exact) mass is 645 g/mol. The van der Waals surface area contributed by atoms with Crippen LogP contribution < -0.4 is 11.5 Å². The van der Waals surface area contributed by atoms with Crippen molar-refractivity contribution in [2.75, 3.05) is 13.1 Å². The van der Waals surface area contributed by atoms with Crippen molar-refractivity contribution in [1.29, 1.82) is 0 Å². The van der Waals surface area contributed by atoms with Crippen molar-refractivity contribution in [3.8, 4) is 0 Å². The largest absolute Gasteiger partial charge is 0.478 e. The third kappa shape index (κ3) is 22.6. The van der Waals surface area contributed by atoms with Crippen LogP contribution >= 0.6 is 0 Å². The van der Waals surface area contributed by atoms with Gasteiger partial charge in [-0.2, -0.15) is 0 Å². The topological polar surface area (TPSA) is 127 Å². The number of rotatable bonds is 4. The van der Waals surface area contributed by atoms with Crippen LogP contribution in [0.1, 0.15) is 207 Å². The van der Waals surface area contributed by atoms with Crippen molar-refractivity contribution in [1.82, 2.24) is 0 Å². The van der Waals surface area contributed by atoms with Gasteiger partial charge in [-0.25, -0.2) is 9.59 Å². The highest BCUT2D eigenvalue weighted by Gasteiger charge is 2.26. The highest BCUT2D eigenvalue weighted by molar-refractivity contribution is 5.91. The number of hydrogen-bond donors (Lipinski definition) is 4. The number of carboxylic acid groups (broad SMARTS) is 2. The average Bonchev–Trinajstić information content (AvgIpc) is 3.09. The Labute approximate surface area is 282 Å². The molecule has 266 valence electrons. The van der Waals surface area contributed by atoms with Gasteiger partial charge in [-0.3, -0.25) is 0 Å². The molecule has 4 rings (SSSR count). The summed E-state index contributed by atoms with van der Waals surface area (Å²) < 4.78 is 0. The van der Waals surface area contributed by atoms with E-state index in [2.05, 4.69) is 0 Å².